The van der Waals surface area contributed by atoms with Crippen LogP contribution in [0.4, 0.5) is 4.79 Å². The van der Waals surface area contributed by atoms with Crippen LogP contribution in [0.25, 0.3) is 0 Å². The molecule has 0 bridgehead atoms. The van der Waals surface area contributed by atoms with Crippen molar-refractivity contribution >= 4 is 6.03 Å². The lowest BCUT2D eigenvalue weighted by Crippen LogP contribution is -2.41. The minimum absolute atomic E-state index is 0.181. The van der Waals surface area contributed by atoms with Gasteiger partial charge in [-0.05, 0) is 13.0 Å². The fourth-order valence-electron chi connectivity index (χ4n) is 2.25. The van der Waals surface area contributed by atoms with E-state index in [-0.39, 0.29) is 6.03 Å². The standard InChI is InChI=1S/C10H19N3O2/c1-15-7-6-12-4-5-13(10(12)14)9-2-3-11-8-9/h9,11H,2-8H2,1H3. The van der Waals surface area contributed by atoms with Gasteiger partial charge in [-0.2, -0.15) is 0 Å². The number of carbonyl (C=O) groups is 1. The lowest BCUT2D eigenvalue weighted by Gasteiger charge is -2.23. The molecule has 2 amide bonds. The molecule has 2 aliphatic heterocycles. The van der Waals surface area contributed by atoms with E-state index < -0.39 is 0 Å². The maximum atomic E-state index is 12.0. The first-order chi connectivity index (χ1) is 7.33. The largest absolute Gasteiger partial charge is 0.383 e. The third kappa shape index (κ3) is 2.23. The van der Waals surface area contributed by atoms with Crippen molar-refractivity contribution in [2.24, 2.45) is 0 Å². The molecule has 1 unspecified atom stereocenters. The van der Waals surface area contributed by atoms with Gasteiger partial charge in [-0.1, -0.05) is 0 Å². The van der Waals surface area contributed by atoms with Gasteiger partial charge in [0.15, 0.2) is 0 Å². The van der Waals surface area contributed by atoms with E-state index >= 15 is 0 Å². The first-order valence-electron chi connectivity index (χ1n) is 5.58. The van der Waals surface area contributed by atoms with Crippen LogP contribution in [0.5, 0.6) is 0 Å². The van der Waals surface area contributed by atoms with Gasteiger partial charge in [0, 0.05) is 39.3 Å². The quantitative estimate of drug-likeness (QED) is 0.699. The number of ether oxygens (including phenoxy) is 1. The minimum atomic E-state index is 0.181. The zero-order chi connectivity index (χ0) is 10.7. The van der Waals surface area contributed by atoms with Crippen LogP contribution in [0.1, 0.15) is 6.42 Å². The van der Waals surface area contributed by atoms with E-state index in [4.69, 9.17) is 4.74 Å². The van der Waals surface area contributed by atoms with Crippen LogP contribution in [0.3, 0.4) is 0 Å². The Bertz CT molecular complexity index is 229. The number of amides is 2. The van der Waals surface area contributed by atoms with Gasteiger partial charge < -0.3 is 19.9 Å². The van der Waals surface area contributed by atoms with Crippen LogP contribution in [0.2, 0.25) is 0 Å². The predicted octanol–water partition coefficient (Wildman–Crippen LogP) is -0.268. The first-order valence-corrected chi connectivity index (χ1v) is 5.58. The van der Waals surface area contributed by atoms with Gasteiger partial charge in [0.05, 0.1) is 6.61 Å². The molecule has 86 valence electrons. The third-order valence-corrected chi connectivity index (χ3v) is 3.17. The molecule has 0 aromatic carbocycles. The molecule has 2 saturated heterocycles. The fraction of sp³-hybridized carbons (Fsp3) is 0.900. The highest BCUT2D eigenvalue weighted by Crippen LogP contribution is 2.16. The maximum Gasteiger partial charge on any atom is 0.320 e. The van der Waals surface area contributed by atoms with E-state index in [0.29, 0.717) is 19.2 Å². The van der Waals surface area contributed by atoms with Crippen molar-refractivity contribution in [2.75, 3.05) is 46.4 Å². The number of nitrogens with one attached hydrogen (secondary N) is 1. The number of methoxy groups -OCH3 is 1. The molecule has 15 heavy (non-hydrogen) atoms. The monoisotopic (exact) mass is 213 g/mol. The Morgan fingerprint density at radius 2 is 2.40 bits per heavy atom. The molecule has 0 radical (unpaired) electrons. The molecule has 1 atom stereocenters. The topological polar surface area (TPSA) is 44.8 Å². The molecule has 2 fully saturated rings. The Morgan fingerprint density at radius 3 is 3.07 bits per heavy atom. The van der Waals surface area contributed by atoms with E-state index in [2.05, 4.69) is 5.32 Å². The van der Waals surface area contributed by atoms with Gasteiger partial charge in [-0.3, -0.25) is 0 Å². The minimum Gasteiger partial charge on any atom is -0.383 e. The number of nitrogens with zero attached hydrogens (tertiary/aromatic N) is 2. The molecule has 2 rings (SSSR count). The van der Waals surface area contributed by atoms with Crippen molar-refractivity contribution in [3.05, 3.63) is 0 Å². The van der Waals surface area contributed by atoms with E-state index in [9.17, 15) is 4.79 Å². The van der Waals surface area contributed by atoms with Crippen LogP contribution in [0, 0.1) is 0 Å². The summed E-state index contributed by atoms with van der Waals surface area (Å²) in [5.41, 5.74) is 0. The molecule has 1 N–H and O–H groups in total. The number of urea groups is 1. The van der Waals surface area contributed by atoms with Crippen LogP contribution in [-0.4, -0.2) is 68.3 Å². The SMILES string of the molecule is COCCN1CCN(C2CCNC2)C1=O. The molecular formula is C10H19N3O2. The Morgan fingerprint density at radius 1 is 1.53 bits per heavy atom. The lowest BCUT2D eigenvalue weighted by atomic mass is 10.2. The fourth-order valence-corrected chi connectivity index (χ4v) is 2.25. The molecule has 5 nitrogen and oxygen atoms in total. The van der Waals surface area contributed by atoms with Gasteiger partial charge in [-0.15, -0.1) is 0 Å². The highest BCUT2D eigenvalue weighted by atomic mass is 16.5. The Kier molecular flexibility index (Phi) is 3.43. The highest BCUT2D eigenvalue weighted by molar-refractivity contribution is 5.77. The molecule has 2 aliphatic rings. The summed E-state index contributed by atoms with van der Waals surface area (Å²) in [6, 6.07) is 0.589. The maximum absolute atomic E-state index is 12.0. The summed E-state index contributed by atoms with van der Waals surface area (Å²) in [7, 11) is 1.67. The lowest BCUT2D eigenvalue weighted by molar-refractivity contribution is 0.150. The van der Waals surface area contributed by atoms with Gasteiger partial charge in [0.25, 0.3) is 0 Å². The van der Waals surface area contributed by atoms with Crippen LogP contribution in [0.15, 0.2) is 0 Å². The van der Waals surface area contributed by atoms with E-state index in [1.54, 1.807) is 7.11 Å². The zero-order valence-electron chi connectivity index (χ0n) is 9.24. The van der Waals surface area contributed by atoms with E-state index in [1.165, 1.54) is 0 Å². The van der Waals surface area contributed by atoms with Gasteiger partial charge >= 0.3 is 6.03 Å². The second kappa shape index (κ2) is 4.81. The summed E-state index contributed by atoms with van der Waals surface area (Å²) >= 11 is 0. The summed E-state index contributed by atoms with van der Waals surface area (Å²) in [5.74, 6) is 0. The highest BCUT2D eigenvalue weighted by Gasteiger charge is 2.34. The van der Waals surface area contributed by atoms with Crippen molar-refractivity contribution in [2.45, 2.75) is 12.5 Å². The van der Waals surface area contributed by atoms with Crippen molar-refractivity contribution in [3.8, 4) is 0 Å². The second-order valence-corrected chi connectivity index (χ2v) is 4.10. The Hall–Kier alpha value is -0.810. The molecule has 0 aliphatic carbocycles. The van der Waals surface area contributed by atoms with Crippen LogP contribution >= 0.6 is 0 Å². The van der Waals surface area contributed by atoms with E-state index in [0.717, 1.165) is 32.6 Å². The van der Waals surface area contributed by atoms with Crippen LogP contribution in [-0.2, 0) is 4.74 Å². The number of rotatable bonds is 4. The average Bonchev–Trinajstić information content (AvgIpc) is 2.84. The molecule has 0 aromatic rings. The van der Waals surface area contributed by atoms with Crippen LogP contribution < -0.4 is 5.32 Å². The summed E-state index contributed by atoms with van der Waals surface area (Å²) < 4.78 is 4.99. The smallest absolute Gasteiger partial charge is 0.320 e. The summed E-state index contributed by atoms with van der Waals surface area (Å²) in [6.45, 7) is 5.04. The summed E-state index contributed by atoms with van der Waals surface area (Å²) in [5, 5.41) is 3.29. The van der Waals surface area contributed by atoms with Crippen molar-refractivity contribution in [1.29, 1.82) is 0 Å². The summed E-state index contributed by atoms with van der Waals surface area (Å²) in [6.07, 6.45) is 1.09. The van der Waals surface area contributed by atoms with Gasteiger partial charge in [0.1, 0.15) is 0 Å². The molecule has 0 saturated carbocycles. The second-order valence-electron chi connectivity index (χ2n) is 4.10. The zero-order valence-corrected chi connectivity index (χ0v) is 9.24. The normalized spacial score (nSPS) is 26.7. The third-order valence-electron chi connectivity index (χ3n) is 3.17. The number of hydrogen-bond donors (Lipinski definition) is 1. The van der Waals surface area contributed by atoms with E-state index in [1.807, 2.05) is 9.80 Å². The molecule has 0 spiro atoms. The van der Waals surface area contributed by atoms with Crippen molar-refractivity contribution in [1.82, 2.24) is 15.1 Å². The van der Waals surface area contributed by atoms with Crippen molar-refractivity contribution < 1.29 is 9.53 Å². The van der Waals surface area contributed by atoms with Crippen molar-refractivity contribution in [3.63, 3.8) is 0 Å². The molecular weight excluding hydrogens is 194 g/mol. The number of carbonyl (C=O) groups excluding carboxylic acids is 1. The Balaban J connectivity index is 1.85. The Labute approximate surface area is 90.4 Å². The first kappa shape index (κ1) is 10.7. The molecule has 5 heteroatoms. The number of hydrogen-bond acceptors (Lipinski definition) is 3. The predicted molar refractivity (Wildman–Crippen MR) is 56.8 cm³/mol. The van der Waals surface area contributed by atoms with Gasteiger partial charge in [-0.25, -0.2) is 4.79 Å². The summed E-state index contributed by atoms with van der Waals surface area (Å²) in [4.78, 5) is 15.8. The van der Waals surface area contributed by atoms with Gasteiger partial charge in [0.2, 0.25) is 0 Å². The molecule has 0 aromatic heterocycles. The molecule has 2 heterocycles. The average molecular weight is 213 g/mol.